The fourth-order valence-electron chi connectivity index (χ4n) is 3.85. The van der Waals surface area contributed by atoms with Crippen LogP contribution in [-0.4, -0.2) is 30.3 Å². The van der Waals surface area contributed by atoms with Gasteiger partial charge in [0.1, 0.15) is 10.7 Å². The lowest BCUT2D eigenvalue weighted by Gasteiger charge is -2.16. The zero-order valence-electron chi connectivity index (χ0n) is 21.1. The summed E-state index contributed by atoms with van der Waals surface area (Å²) >= 11 is 6.23. The molecule has 1 heterocycles. The van der Waals surface area contributed by atoms with Gasteiger partial charge >= 0.3 is 5.97 Å². The first-order chi connectivity index (χ1) is 18.2. The Labute approximate surface area is 225 Å². The smallest absolute Gasteiger partial charge is 0.338 e. The van der Waals surface area contributed by atoms with Gasteiger partial charge in [0.2, 0.25) is 0 Å². The molecule has 3 aromatic rings. The quantitative estimate of drug-likeness (QED) is 0.286. The average Bonchev–Trinajstić information content (AvgIpc) is 3.12. The van der Waals surface area contributed by atoms with Crippen LogP contribution < -0.4 is 15.5 Å². The molecular weight excluding hydrogens is 506 g/mol. The molecule has 0 unspecified atom stereocenters. The van der Waals surface area contributed by atoms with Crippen molar-refractivity contribution in [2.24, 2.45) is 0 Å². The number of halogens is 1. The van der Waals surface area contributed by atoms with Gasteiger partial charge in [-0.3, -0.25) is 14.4 Å². The van der Waals surface area contributed by atoms with E-state index >= 15 is 0 Å². The van der Waals surface area contributed by atoms with E-state index in [1.54, 1.807) is 61.5 Å². The number of anilines is 3. The first-order valence-electron chi connectivity index (χ1n) is 12.0. The normalized spacial score (nSPS) is 13.2. The molecule has 3 aromatic carbocycles. The van der Waals surface area contributed by atoms with Crippen LogP contribution in [0.3, 0.4) is 0 Å². The predicted molar refractivity (Wildman–Crippen MR) is 146 cm³/mol. The molecule has 194 valence electrons. The number of imide groups is 1. The number of carbonyl (C=O) groups is 4. The van der Waals surface area contributed by atoms with E-state index in [2.05, 4.69) is 24.5 Å². The van der Waals surface area contributed by atoms with Crippen molar-refractivity contribution < 1.29 is 23.9 Å². The minimum atomic E-state index is -0.613. The maximum Gasteiger partial charge on any atom is 0.338 e. The van der Waals surface area contributed by atoms with Crippen molar-refractivity contribution in [3.05, 3.63) is 100 Å². The number of nitrogens with one attached hydrogen (secondary N) is 2. The first-order valence-corrected chi connectivity index (χ1v) is 12.4. The van der Waals surface area contributed by atoms with Gasteiger partial charge in [0, 0.05) is 16.9 Å². The lowest BCUT2D eigenvalue weighted by atomic mass is 10.0. The van der Waals surface area contributed by atoms with Gasteiger partial charge in [0.15, 0.2) is 0 Å². The second-order valence-corrected chi connectivity index (χ2v) is 9.22. The highest BCUT2D eigenvalue weighted by molar-refractivity contribution is 6.53. The Hall–Kier alpha value is -4.43. The van der Waals surface area contributed by atoms with Crippen molar-refractivity contribution in [3.63, 3.8) is 0 Å². The number of esters is 1. The highest BCUT2D eigenvalue weighted by Crippen LogP contribution is 2.31. The van der Waals surface area contributed by atoms with Gasteiger partial charge < -0.3 is 15.4 Å². The molecule has 9 heteroatoms. The molecule has 38 heavy (non-hydrogen) atoms. The highest BCUT2D eigenvalue weighted by Gasteiger charge is 2.39. The fourth-order valence-corrected chi connectivity index (χ4v) is 4.06. The standard InChI is InChI=1S/C29H26ClN3O5/c1-4-38-29(37)20-6-5-7-22(16-20)32-26(34)19-8-12-21(13-9-19)31-25-24(30)27(35)33(28(25)36)23-14-10-18(11-15-23)17(2)3/h5-17,31H,4H2,1-3H3,(H,32,34). The third-order valence-corrected chi connectivity index (χ3v) is 6.24. The van der Waals surface area contributed by atoms with Gasteiger partial charge in [-0.2, -0.15) is 0 Å². The Bertz CT molecular complexity index is 1430. The van der Waals surface area contributed by atoms with E-state index in [0.29, 0.717) is 34.1 Å². The molecule has 0 radical (unpaired) electrons. The summed E-state index contributed by atoms with van der Waals surface area (Å²) in [4.78, 5) is 51.5. The predicted octanol–water partition coefficient (Wildman–Crippen LogP) is 5.67. The number of benzene rings is 3. The maximum absolute atomic E-state index is 13.0. The molecule has 1 aliphatic heterocycles. The Morgan fingerprint density at radius 3 is 2.21 bits per heavy atom. The number of hydrogen-bond acceptors (Lipinski definition) is 6. The van der Waals surface area contributed by atoms with E-state index in [4.69, 9.17) is 16.3 Å². The van der Waals surface area contributed by atoms with Crippen LogP contribution in [0.15, 0.2) is 83.5 Å². The molecule has 0 aliphatic carbocycles. The fraction of sp³-hybridized carbons (Fsp3) is 0.172. The van der Waals surface area contributed by atoms with E-state index in [1.807, 2.05) is 12.1 Å². The second-order valence-electron chi connectivity index (χ2n) is 8.84. The zero-order chi connectivity index (χ0) is 27.4. The second kappa shape index (κ2) is 11.3. The van der Waals surface area contributed by atoms with Crippen LogP contribution in [-0.2, 0) is 14.3 Å². The minimum absolute atomic E-state index is 0.0439. The molecule has 0 atom stereocenters. The molecule has 0 saturated carbocycles. The molecule has 4 rings (SSSR count). The van der Waals surface area contributed by atoms with Gasteiger partial charge in [-0.05, 0) is 73.0 Å². The number of ether oxygens (including phenoxy) is 1. The summed E-state index contributed by atoms with van der Waals surface area (Å²) in [6, 6.07) is 19.9. The largest absolute Gasteiger partial charge is 0.462 e. The summed E-state index contributed by atoms with van der Waals surface area (Å²) in [5, 5.41) is 5.42. The van der Waals surface area contributed by atoms with Crippen LogP contribution in [0.5, 0.6) is 0 Å². The third-order valence-electron chi connectivity index (χ3n) is 5.89. The highest BCUT2D eigenvalue weighted by atomic mass is 35.5. The van der Waals surface area contributed by atoms with E-state index in [-0.39, 0.29) is 17.3 Å². The molecule has 0 bridgehead atoms. The molecule has 2 N–H and O–H groups in total. The van der Waals surface area contributed by atoms with Gasteiger partial charge in [-0.15, -0.1) is 0 Å². The van der Waals surface area contributed by atoms with Crippen LogP contribution in [0.1, 0.15) is 53.0 Å². The Kier molecular flexibility index (Phi) is 7.93. The molecular formula is C29H26ClN3O5. The van der Waals surface area contributed by atoms with E-state index in [0.717, 1.165) is 10.5 Å². The van der Waals surface area contributed by atoms with Crippen LogP contribution in [0, 0.1) is 0 Å². The van der Waals surface area contributed by atoms with Crippen LogP contribution in [0.25, 0.3) is 0 Å². The third kappa shape index (κ3) is 5.60. The van der Waals surface area contributed by atoms with Crippen molar-refractivity contribution in [1.82, 2.24) is 0 Å². The summed E-state index contributed by atoms with van der Waals surface area (Å²) in [5.41, 5.74) is 3.05. The monoisotopic (exact) mass is 531 g/mol. The maximum atomic E-state index is 13.0. The molecule has 8 nitrogen and oxygen atoms in total. The topological polar surface area (TPSA) is 105 Å². The molecule has 1 aliphatic rings. The van der Waals surface area contributed by atoms with Gasteiger partial charge in [-0.1, -0.05) is 43.6 Å². The van der Waals surface area contributed by atoms with E-state index < -0.39 is 23.7 Å². The molecule has 0 spiro atoms. The van der Waals surface area contributed by atoms with Crippen molar-refractivity contribution in [2.45, 2.75) is 26.7 Å². The first kappa shape index (κ1) is 26.6. The Balaban J connectivity index is 1.44. The Morgan fingerprint density at radius 1 is 0.895 bits per heavy atom. The van der Waals surface area contributed by atoms with Crippen molar-refractivity contribution in [2.75, 3.05) is 22.1 Å². The number of hydrogen-bond donors (Lipinski definition) is 2. The van der Waals surface area contributed by atoms with Gasteiger partial charge in [-0.25, -0.2) is 9.69 Å². The average molecular weight is 532 g/mol. The van der Waals surface area contributed by atoms with Crippen molar-refractivity contribution >= 4 is 52.4 Å². The summed E-state index contributed by atoms with van der Waals surface area (Å²) < 4.78 is 4.99. The lowest BCUT2D eigenvalue weighted by molar-refractivity contribution is -0.120. The van der Waals surface area contributed by atoms with E-state index in [1.165, 1.54) is 6.07 Å². The van der Waals surface area contributed by atoms with Gasteiger partial charge in [0.25, 0.3) is 17.7 Å². The molecule has 0 fully saturated rings. The van der Waals surface area contributed by atoms with Crippen molar-refractivity contribution in [1.29, 1.82) is 0 Å². The minimum Gasteiger partial charge on any atom is -0.462 e. The molecule has 0 aromatic heterocycles. The number of nitrogens with zero attached hydrogens (tertiary/aromatic N) is 1. The van der Waals surface area contributed by atoms with Crippen molar-refractivity contribution in [3.8, 4) is 0 Å². The molecule has 3 amide bonds. The number of carbonyl (C=O) groups excluding carboxylic acids is 4. The van der Waals surface area contributed by atoms with Crippen LogP contribution in [0.2, 0.25) is 0 Å². The zero-order valence-corrected chi connectivity index (χ0v) is 21.8. The van der Waals surface area contributed by atoms with Crippen LogP contribution in [0.4, 0.5) is 17.1 Å². The summed E-state index contributed by atoms with van der Waals surface area (Å²) in [6.45, 7) is 6.08. The summed E-state index contributed by atoms with van der Waals surface area (Å²) in [6.07, 6.45) is 0. The number of amides is 3. The number of rotatable bonds is 8. The summed E-state index contributed by atoms with van der Waals surface area (Å²) in [7, 11) is 0. The van der Waals surface area contributed by atoms with Gasteiger partial charge in [0.05, 0.1) is 17.9 Å². The molecule has 0 saturated heterocycles. The van der Waals surface area contributed by atoms with Crippen LogP contribution >= 0.6 is 11.6 Å². The Morgan fingerprint density at radius 2 is 1.58 bits per heavy atom. The summed E-state index contributed by atoms with van der Waals surface area (Å²) in [5.74, 6) is -1.73. The van der Waals surface area contributed by atoms with E-state index in [9.17, 15) is 19.2 Å². The SMILES string of the molecule is CCOC(=O)c1cccc(NC(=O)c2ccc(NC3=C(Cl)C(=O)N(c4ccc(C(C)C)cc4)C3=O)cc2)c1. The lowest BCUT2D eigenvalue weighted by Crippen LogP contribution is -2.32.